The van der Waals surface area contributed by atoms with Crippen molar-refractivity contribution in [1.29, 1.82) is 0 Å². The van der Waals surface area contributed by atoms with Crippen molar-refractivity contribution in [2.24, 2.45) is 5.92 Å². The number of anilines is 3. The Morgan fingerprint density at radius 1 is 0.676 bits per heavy atom. The summed E-state index contributed by atoms with van der Waals surface area (Å²) in [6.07, 6.45) is 9.14. The standard InChI is InChI=1S/C33H36BNO2/c1-31(2)29-18-11-10-17-27(29)28-20-19-26(22-30(28)31)35(24-14-8-7-9-15-24)25-16-12-13-23(21-25)34-36-32(3,4)33(5,6)37-34/h7-22,27,29H,1-6H3. The van der Waals surface area contributed by atoms with E-state index in [2.05, 4.69) is 144 Å². The summed E-state index contributed by atoms with van der Waals surface area (Å²) in [5.74, 6) is 0.931. The third-order valence-corrected chi connectivity index (χ3v) is 8.98. The molecule has 2 aliphatic carbocycles. The van der Waals surface area contributed by atoms with Crippen LogP contribution in [0.3, 0.4) is 0 Å². The van der Waals surface area contributed by atoms with Gasteiger partial charge < -0.3 is 14.2 Å². The van der Waals surface area contributed by atoms with Crippen LogP contribution in [0, 0.1) is 5.92 Å². The van der Waals surface area contributed by atoms with Gasteiger partial charge in [-0.05, 0) is 92.0 Å². The molecule has 4 heteroatoms. The Labute approximate surface area is 222 Å². The van der Waals surface area contributed by atoms with Gasteiger partial charge in [0.15, 0.2) is 0 Å². The largest absolute Gasteiger partial charge is 0.494 e. The second-order valence-corrected chi connectivity index (χ2v) is 12.2. The minimum Gasteiger partial charge on any atom is -0.399 e. The summed E-state index contributed by atoms with van der Waals surface area (Å²) in [6.45, 7) is 13.2. The highest BCUT2D eigenvalue weighted by atomic mass is 16.7. The van der Waals surface area contributed by atoms with Crippen LogP contribution in [0.2, 0.25) is 0 Å². The van der Waals surface area contributed by atoms with Gasteiger partial charge in [-0.3, -0.25) is 0 Å². The Morgan fingerprint density at radius 2 is 1.32 bits per heavy atom. The van der Waals surface area contributed by atoms with Crippen molar-refractivity contribution in [1.82, 2.24) is 0 Å². The van der Waals surface area contributed by atoms with Crippen LogP contribution in [-0.4, -0.2) is 18.3 Å². The lowest BCUT2D eigenvalue weighted by Crippen LogP contribution is -2.41. The predicted molar refractivity (Wildman–Crippen MR) is 154 cm³/mol. The second kappa shape index (κ2) is 8.47. The first-order valence-electron chi connectivity index (χ1n) is 13.4. The Balaban J connectivity index is 1.44. The van der Waals surface area contributed by atoms with E-state index >= 15 is 0 Å². The molecule has 1 heterocycles. The van der Waals surface area contributed by atoms with E-state index < -0.39 is 7.12 Å². The molecule has 1 aliphatic heterocycles. The number of nitrogens with zero attached hydrogens (tertiary/aromatic N) is 1. The monoisotopic (exact) mass is 489 g/mol. The smallest absolute Gasteiger partial charge is 0.399 e. The van der Waals surface area contributed by atoms with E-state index in [1.54, 1.807) is 0 Å². The molecule has 37 heavy (non-hydrogen) atoms. The van der Waals surface area contributed by atoms with Crippen molar-refractivity contribution in [2.75, 3.05) is 4.90 Å². The lowest BCUT2D eigenvalue weighted by molar-refractivity contribution is 0.00578. The molecule has 0 aromatic heterocycles. The minimum atomic E-state index is -0.400. The zero-order chi connectivity index (χ0) is 26.0. The molecule has 6 rings (SSSR count). The van der Waals surface area contributed by atoms with Crippen molar-refractivity contribution in [3.05, 3.63) is 108 Å². The van der Waals surface area contributed by atoms with E-state index in [1.165, 1.54) is 11.1 Å². The minimum absolute atomic E-state index is 0.0597. The molecule has 0 N–H and O–H groups in total. The molecular formula is C33H36BNO2. The molecule has 0 radical (unpaired) electrons. The van der Waals surface area contributed by atoms with Crippen molar-refractivity contribution < 1.29 is 9.31 Å². The van der Waals surface area contributed by atoms with Gasteiger partial charge in [-0.15, -0.1) is 0 Å². The van der Waals surface area contributed by atoms with E-state index in [-0.39, 0.29) is 16.6 Å². The molecule has 3 nitrogen and oxygen atoms in total. The van der Waals surface area contributed by atoms with Crippen LogP contribution in [0.4, 0.5) is 17.1 Å². The Hall–Kier alpha value is -3.08. The highest BCUT2D eigenvalue weighted by Crippen LogP contribution is 2.54. The summed E-state index contributed by atoms with van der Waals surface area (Å²) in [5, 5.41) is 0. The van der Waals surface area contributed by atoms with Gasteiger partial charge in [-0.2, -0.15) is 0 Å². The van der Waals surface area contributed by atoms with Gasteiger partial charge in [0.2, 0.25) is 0 Å². The molecule has 1 fully saturated rings. The van der Waals surface area contributed by atoms with Gasteiger partial charge in [-0.1, -0.05) is 74.5 Å². The van der Waals surface area contributed by atoms with Gasteiger partial charge in [0, 0.05) is 23.0 Å². The van der Waals surface area contributed by atoms with Gasteiger partial charge in [-0.25, -0.2) is 0 Å². The Bertz CT molecular complexity index is 1370. The van der Waals surface area contributed by atoms with E-state index in [4.69, 9.17) is 9.31 Å². The average Bonchev–Trinajstić information content (AvgIpc) is 3.25. The first-order valence-corrected chi connectivity index (χ1v) is 13.4. The van der Waals surface area contributed by atoms with Crippen LogP contribution in [0.5, 0.6) is 0 Å². The zero-order valence-electron chi connectivity index (χ0n) is 22.7. The number of hydrogen-bond acceptors (Lipinski definition) is 3. The number of hydrogen-bond donors (Lipinski definition) is 0. The average molecular weight is 489 g/mol. The van der Waals surface area contributed by atoms with Gasteiger partial charge in [0.1, 0.15) is 0 Å². The second-order valence-electron chi connectivity index (χ2n) is 12.2. The molecule has 0 spiro atoms. The van der Waals surface area contributed by atoms with Crippen molar-refractivity contribution in [2.45, 2.75) is 64.1 Å². The predicted octanol–water partition coefficient (Wildman–Crippen LogP) is 7.57. The molecular weight excluding hydrogens is 453 g/mol. The summed E-state index contributed by atoms with van der Waals surface area (Å²) in [7, 11) is -0.400. The van der Waals surface area contributed by atoms with E-state index in [0.717, 1.165) is 22.5 Å². The number of allylic oxidation sites excluding steroid dienone is 4. The van der Waals surface area contributed by atoms with Crippen molar-refractivity contribution in [3.63, 3.8) is 0 Å². The molecule has 0 bridgehead atoms. The fourth-order valence-electron chi connectivity index (χ4n) is 6.12. The number of para-hydroxylation sites is 1. The maximum Gasteiger partial charge on any atom is 0.494 e. The quantitative estimate of drug-likeness (QED) is 0.353. The molecule has 188 valence electrons. The lowest BCUT2D eigenvalue weighted by atomic mass is 9.74. The van der Waals surface area contributed by atoms with Crippen molar-refractivity contribution >= 4 is 29.6 Å². The fraction of sp³-hybridized carbons (Fsp3) is 0.333. The van der Waals surface area contributed by atoms with Crippen LogP contribution in [0.25, 0.3) is 0 Å². The molecule has 3 aliphatic rings. The maximum atomic E-state index is 6.38. The first kappa shape index (κ1) is 24.3. The zero-order valence-corrected chi connectivity index (χ0v) is 22.7. The summed E-state index contributed by atoms with van der Waals surface area (Å²) >= 11 is 0. The van der Waals surface area contributed by atoms with Gasteiger partial charge in [0.25, 0.3) is 0 Å². The summed E-state index contributed by atoms with van der Waals surface area (Å²) < 4.78 is 12.8. The lowest BCUT2D eigenvalue weighted by Gasteiger charge is -2.32. The normalized spacial score (nSPS) is 24.1. The molecule has 3 aromatic rings. The highest BCUT2D eigenvalue weighted by molar-refractivity contribution is 6.62. The number of fused-ring (bicyclic) bond motifs is 3. The highest BCUT2D eigenvalue weighted by Gasteiger charge is 2.51. The van der Waals surface area contributed by atoms with Crippen LogP contribution in [0.15, 0.2) is 97.1 Å². The van der Waals surface area contributed by atoms with Crippen LogP contribution in [-0.2, 0) is 14.7 Å². The van der Waals surface area contributed by atoms with E-state index in [9.17, 15) is 0 Å². The van der Waals surface area contributed by atoms with Crippen molar-refractivity contribution in [3.8, 4) is 0 Å². The molecule has 1 saturated heterocycles. The van der Waals surface area contributed by atoms with Gasteiger partial charge in [0.05, 0.1) is 11.2 Å². The van der Waals surface area contributed by atoms with Gasteiger partial charge >= 0.3 is 7.12 Å². The topological polar surface area (TPSA) is 21.7 Å². The third kappa shape index (κ3) is 3.89. The molecule has 2 unspecified atom stereocenters. The summed E-state index contributed by atoms with van der Waals surface area (Å²) in [5.41, 5.74) is 6.58. The Morgan fingerprint density at radius 3 is 2.05 bits per heavy atom. The fourth-order valence-corrected chi connectivity index (χ4v) is 6.12. The maximum absolute atomic E-state index is 6.38. The molecule has 0 saturated carbocycles. The molecule has 3 aromatic carbocycles. The van der Waals surface area contributed by atoms with Crippen LogP contribution < -0.4 is 10.4 Å². The Kier molecular flexibility index (Phi) is 5.56. The molecule has 2 atom stereocenters. The van der Waals surface area contributed by atoms with E-state index in [1.807, 2.05) is 0 Å². The molecule has 0 amide bonds. The summed E-state index contributed by atoms with van der Waals surface area (Å²) in [6, 6.07) is 26.2. The number of rotatable bonds is 4. The van der Waals surface area contributed by atoms with E-state index in [0.29, 0.717) is 11.8 Å². The SMILES string of the molecule is CC1(C)c2cc(N(c3ccccc3)c3cccc(B4OC(C)(C)C(C)(C)O4)c3)ccc2C2C=CC=CC21. The number of benzene rings is 3. The summed E-state index contributed by atoms with van der Waals surface area (Å²) in [4.78, 5) is 2.35. The first-order chi connectivity index (χ1) is 17.6. The van der Waals surface area contributed by atoms with Crippen LogP contribution >= 0.6 is 0 Å². The van der Waals surface area contributed by atoms with Crippen LogP contribution in [0.1, 0.15) is 58.6 Å². The third-order valence-electron chi connectivity index (χ3n) is 8.98.